The van der Waals surface area contributed by atoms with Gasteiger partial charge in [0.15, 0.2) is 0 Å². The van der Waals surface area contributed by atoms with E-state index in [9.17, 15) is 0 Å². The molecule has 0 atom stereocenters. The van der Waals surface area contributed by atoms with E-state index in [4.69, 9.17) is 4.74 Å². The van der Waals surface area contributed by atoms with E-state index in [1.165, 1.54) is 16.0 Å². The van der Waals surface area contributed by atoms with E-state index in [2.05, 4.69) is 36.6 Å². The molecule has 0 amide bonds. The van der Waals surface area contributed by atoms with Crippen LogP contribution in [0.2, 0.25) is 0 Å². The highest BCUT2D eigenvalue weighted by atomic mass is 32.2. The fraction of sp³-hybridized carbons (Fsp3) is 0.200. The molecule has 0 aliphatic heterocycles. The van der Waals surface area contributed by atoms with Crippen molar-refractivity contribution in [1.29, 1.82) is 0 Å². The average Bonchev–Trinajstić information content (AvgIpc) is 2.40. The van der Waals surface area contributed by atoms with Crippen LogP contribution in [0.3, 0.4) is 0 Å². The van der Waals surface area contributed by atoms with Crippen LogP contribution in [0.1, 0.15) is 11.1 Å². The molecule has 1 radical (unpaired) electrons. The summed E-state index contributed by atoms with van der Waals surface area (Å²) in [6, 6.07) is 17.7. The summed E-state index contributed by atoms with van der Waals surface area (Å²) in [6.07, 6.45) is 3.00. The summed E-state index contributed by atoms with van der Waals surface area (Å²) in [5, 5.41) is 0. The molecule has 0 bridgehead atoms. The molecule has 0 saturated carbocycles. The smallest absolute Gasteiger partial charge is 0.118 e. The number of methoxy groups -OCH3 is 1. The summed E-state index contributed by atoms with van der Waals surface area (Å²) in [6.45, 7) is 0. The zero-order valence-corrected chi connectivity index (χ0v) is 10.9. The SMILES string of the molecule is COc1ccc(Cc2[c]ccc(SC)c2)cc1. The topological polar surface area (TPSA) is 9.23 Å². The highest BCUT2D eigenvalue weighted by Crippen LogP contribution is 2.19. The van der Waals surface area contributed by atoms with Crippen molar-refractivity contribution < 1.29 is 4.74 Å². The highest BCUT2D eigenvalue weighted by Gasteiger charge is 1.99. The molecular weight excluding hydrogens is 228 g/mol. The Hall–Kier alpha value is -1.41. The summed E-state index contributed by atoms with van der Waals surface area (Å²) in [7, 11) is 1.69. The minimum atomic E-state index is 0.899. The number of thioether (sulfide) groups is 1. The van der Waals surface area contributed by atoms with Gasteiger partial charge in [-0.3, -0.25) is 0 Å². The fourth-order valence-electron chi connectivity index (χ4n) is 1.68. The van der Waals surface area contributed by atoms with E-state index in [0.29, 0.717) is 0 Å². The molecule has 0 spiro atoms. The predicted octanol–water partition coefficient (Wildman–Crippen LogP) is 3.81. The van der Waals surface area contributed by atoms with Gasteiger partial charge in [0.2, 0.25) is 0 Å². The molecular formula is C15H15OS. The Bertz CT molecular complexity index is 477. The second-order valence-corrected chi connectivity index (χ2v) is 4.66. The lowest BCUT2D eigenvalue weighted by Crippen LogP contribution is -1.89. The van der Waals surface area contributed by atoms with Gasteiger partial charge < -0.3 is 4.74 Å². The molecule has 0 aliphatic carbocycles. The number of hydrogen-bond acceptors (Lipinski definition) is 2. The highest BCUT2D eigenvalue weighted by molar-refractivity contribution is 7.98. The summed E-state index contributed by atoms with van der Waals surface area (Å²) >= 11 is 1.76. The van der Waals surface area contributed by atoms with Gasteiger partial charge in [-0.2, -0.15) is 0 Å². The van der Waals surface area contributed by atoms with E-state index in [0.717, 1.165) is 12.2 Å². The van der Waals surface area contributed by atoms with Crippen LogP contribution in [0.25, 0.3) is 0 Å². The average molecular weight is 243 g/mol. The lowest BCUT2D eigenvalue weighted by Gasteiger charge is -2.05. The Morgan fingerprint density at radius 1 is 1.18 bits per heavy atom. The number of hydrogen-bond donors (Lipinski definition) is 0. The minimum Gasteiger partial charge on any atom is -0.497 e. The van der Waals surface area contributed by atoms with Crippen molar-refractivity contribution in [1.82, 2.24) is 0 Å². The maximum atomic E-state index is 5.14. The van der Waals surface area contributed by atoms with E-state index in [-0.39, 0.29) is 0 Å². The van der Waals surface area contributed by atoms with Crippen LogP contribution in [0.15, 0.2) is 47.4 Å². The Morgan fingerprint density at radius 2 is 1.94 bits per heavy atom. The van der Waals surface area contributed by atoms with Crippen LogP contribution in [-0.2, 0) is 6.42 Å². The first-order chi connectivity index (χ1) is 8.31. The molecule has 2 heteroatoms. The summed E-state index contributed by atoms with van der Waals surface area (Å²) in [4.78, 5) is 1.28. The largest absolute Gasteiger partial charge is 0.497 e. The normalized spacial score (nSPS) is 10.2. The number of ether oxygens (including phenoxy) is 1. The molecule has 87 valence electrons. The van der Waals surface area contributed by atoms with Gasteiger partial charge in [-0.1, -0.05) is 18.2 Å². The van der Waals surface area contributed by atoms with Crippen molar-refractivity contribution in [3.05, 3.63) is 59.7 Å². The van der Waals surface area contributed by atoms with Gasteiger partial charge in [0.1, 0.15) is 5.75 Å². The molecule has 1 nitrogen and oxygen atoms in total. The van der Waals surface area contributed by atoms with Gasteiger partial charge in [0.05, 0.1) is 7.11 Å². The van der Waals surface area contributed by atoms with Crippen molar-refractivity contribution in [3.63, 3.8) is 0 Å². The van der Waals surface area contributed by atoms with Crippen LogP contribution in [0.4, 0.5) is 0 Å². The minimum absolute atomic E-state index is 0.899. The Kier molecular flexibility index (Phi) is 4.10. The van der Waals surface area contributed by atoms with Gasteiger partial charge >= 0.3 is 0 Å². The number of benzene rings is 2. The Labute approximate surface area is 107 Å². The van der Waals surface area contributed by atoms with Crippen molar-refractivity contribution in [2.24, 2.45) is 0 Å². The lowest BCUT2D eigenvalue weighted by molar-refractivity contribution is 0.414. The molecule has 0 fully saturated rings. The van der Waals surface area contributed by atoms with Crippen molar-refractivity contribution >= 4 is 11.8 Å². The van der Waals surface area contributed by atoms with Crippen LogP contribution in [-0.4, -0.2) is 13.4 Å². The third-order valence-electron chi connectivity index (χ3n) is 2.62. The van der Waals surface area contributed by atoms with Gasteiger partial charge in [-0.25, -0.2) is 0 Å². The third kappa shape index (κ3) is 3.27. The number of rotatable bonds is 4. The molecule has 0 saturated heterocycles. The molecule has 0 aliphatic rings. The molecule has 2 rings (SSSR count). The maximum Gasteiger partial charge on any atom is 0.118 e. The molecule has 0 N–H and O–H groups in total. The molecule has 17 heavy (non-hydrogen) atoms. The standard InChI is InChI=1S/C15H15OS/c1-16-14-8-6-12(7-9-14)10-13-4-3-5-15(11-13)17-2/h3,5-9,11H,10H2,1-2H3. The summed E-state index contributed by atoms with van der Waals surface area (Å²) in [5.41, 5.74) is 2.50. The first kappa shape index (κ1) is 12.1. The summed E-state index contributed by atoms with van der Waals surface area (Å²) < 4.78 is 5.14. The Balaban J connectivity index is 2.13. The second-order valence-electron chi connectivity index (χ2n) is 3.78. The van der Waals surface area contributed by atoms with Gasteiger partial charge in [-0.15, -0.1) is 11.8 Å². The van der Waals surface area contributed by atoms with Gasteiger partial charge in [0, 0.05) is 4.90 Å². The summed E-state index contributed by atoms with van der Waals surface area (Å²) in [5.74, 6) is 0.899. The monoisotopic (exact) mass is 243 g/mol. The first-order valence-electron chi connectivity index (χ1n) is 5.49. The van der Waals surface area contributed by atoms with E-state index < -0.39 is 0 Å². The molecule has 2 aromatic carbocycles. The van der Waals surface area contributed by atoms with Crippen LogP contribution < -0.4 is 4.74 Å². The van der Waals surface area contributed by atoms with Crippen molar-refractivity contribution in [3.8, 4) is 5.75 Å². The lowest BCUT2D eigenvalue weighted by atomic mass is 10.1. The van der Waals surface area contributed by atoms with E-state index in [1.807, 2.05) is 18.2 Å². The maximum absolute atomic E-state index is 5.14. The second kappa shape index (κ2) is 5.78. The molecule has 0 unspecified atom stereocenters. The quantitative estimate of drug-likeness (QED) is 0.755. The van der Waals surface area contributed by atoms with Gasteiger partial charge in [0.25, 0.3) is 0 Å². The fourth-order valence-corrected chi connectivity index (χ4v) is 2.15. The first-order valence-corrected chi connectivity index (χ1v) is 6.72. The van der Waals surface area contributed by atoms with Gasteiger partial charge in [-0.05, 0) is 54.1 Å². The molecule has 0 aromatic heterocycles. The molecule has 0 heterocycles. The Morgan fingerprint density at radius 3 is 2.59 bits per heavy atom. The van der Waals surface area contributed by atoms with E-state index in [1.54, 1.807) is 18.9 Å². The van der Waals surface area contributed by atoms with Crippen LogP contribution in [0.5, 0.6) is 5.75 Å². The zero-order valence-electron chi connectivity index (χ0n) is 10.1. The van der Waals surface area contributed by atoms with E-state index >= 15 is 0 Å². The van der Waals surface area contributed by atoms with Crippen LogP contribution in [0, 0.1) is 6.07 Å². The van der Waals surface area contributed by atoms with Crippen LogP contribution >= 0.6 is 11.8 Å². The predicted molar refractivity (Wildman–Crippen MR) is 72.9 cm³/mol. The van der Waals surface area contributed by atoms with Crippen molar-refractivity contribution in [2.45, 2.75) is 11.3 Å². The third-order valence-corrected chi connectivity index (χ3v) is 3.35. The molecule has 2 aromatic rings. The van der Waals surface area contributed by atoms with Crippen molar-refractivity contribution in [2.75, 3.05) is 13.4 Å². The zero-order chi connectivity index (χ0) is 12.1.